The van der Waals surface area contributed by atoms with Crippen molar-refractivity contribution in [1.82, 2.24) is 16.0 Å². The van der Waals surface area contributed by atoms with Crippen molar-refractivity contribution in [2.45, 2.75) is 121 Å². The summed E-state index contributed by atoms with van der Waals surface area (Å²) in [4.78, 5) is 69.5. The predicted octanol–water partition coefficient (Wildman–Crippen LogP) is 1.54. The van der Waals surface area contributed by atoms with Gasteiger partial charge in [-0.3, -0.25) is 34.4 Å². The quantitative estimate of drug-likeness (QED) is 0.0538. The van der Waals surface area contributed by atoms with E-state index in [-0.39, 0.29) is 48.9 Å². The maximum atomic E-state index is 14.0. The Morgan fingerprint density at radius 1 is 0.765 bits per heavy atom. The molecule has 0 radical (unpaired) electrons. The van der Waals surface area contributed by atoms with Crippen molar-refractivity contribution in [2.24, 2.45) is 45.7 Å². The third-order valence-corrected chi connectivity index (χ3v) is 10.1. The fourth-order valence-electron chi connectivity index (χ4n) is 7.22. The second kappa shape index (κ2) is 20.9. The Bertz CT molecular complexity index is 1370. The van der Waals surface area contributed by atoms with E-state index in [1.54, 1.807) is 12.1 Å². The number of hydrogen-bond donors (Lipinski definition) is 9. The molecule has 0 aromatic heterocycles. The monoisotopic (exact) mass is 711 g/mol. The molecule has 2 saturated carbocycles. The van der Waals surface area contributed by atoms with Crippen LogP contribution in [0.15, 0.2) is 29.3 Å². The number of nitrogens with one attached hydrogen (secondary N) is 4. The van der Waals surface area contributed by atoms with Gasteiger partial charge in [0.05, 0.1) is 0 Å². The Balaban J connectivity index is 1.81. The number of nitrogen functional groups attached to an aromatic ring is 1. The molecule has 0 spiro atoms. The van der Waals surface area contributed by atoms with Gasteiger partial charge in [0.2, 0.25) is 23.6 Å². The summed E-state index contributed by atoms with van der Waals surface area (Å²) in [5.74, 6) is -3.92. The number of carboxylic acid groups (broad SMARTS) is 1. The van der Waals surface area contributed by atoms with E-state index >= 15 is 0 Å². The number of rotatable bonds is 20. The zero-order valence-corrected chi connectivity index (χ0v) is 29.5. The van der Waals surface area contributed by atoms with Gasteiger partial charge in [-0.15, -0.1) is 0 Å². The maximum absolute atomic E-state index is 14.0. The van der Waals surface area contributed by atoms with Crippen molar-refractivity contribution in [1.29, 1.82) is 5.41 Å². The van der Waals surface area contributed by atoms with Crippen LogP contribution in [-0.4, -0.2) is 71.2 Å². The Morgan fingerprint density at radius 3 is 1.86 bits per heavy atom. The van der Waals surface area contributed by atoms with Crippen molar-refractivity contribution in [3.05, 3.63) is 35.4 Å². The molecule has 15 nitrogen and oxygen atoms in total. The number of nitrogens with two attached hydrogens (primary N) is 4. The fraction of sp³-hybridized carbons (Fsp3) is 0.639. The minimum absolute atomic E-state index is 0.0541. The third kappa shape index (κ3) is 14.2. The number of primary amides is 1. The van der Waals surface area contributed by atoms with E-state index in [1.807, 2.05) is 12.1 Å². The summed E-state index contributed by atoms with van der Waals surface area (Å²) in [6.45, 7) is 0.180. The average Bonchev–Trinajstić information content (AvgIpc) is 3.10. The molecular formula is C36H57N9O6. The Kier molecular flexibility index (Phi) is 16.7. The number of carbonyl (C=O) groups excluding carboxylic acids is 4. The molecule has 0 bridgehead atoms. The van der Waals surface area contributed by atoms with Gasteiger partial charge in [0.25, 0.3) is 0 Å². The number of aliphatic imine (C=N–C) groups is 1. The molecule has 2 aliphatic rings. The first kappa shape index (κ1) is 40.7. The number of carbonyl (C=O) groups is 5. The first-order valence-electron chi connectivity index (χ1n) is 18.2. The van der Waals surface area contributed by atoms with Crippen LogP contribution in [0.4, 0.5) is 0 Å². The molecule has 15 heteroatoms. The highest BCUT2D eigenvalue weighted by atomic mass is 16.4. The van der Waals surface area contributed by atoms with Crippen LogP contribution in [0.25, 0.3) is 0 Å². The number of benzene rings is 1. The summed E-state index contributed by atoms with van der Waals surface area (Å²) in [6, 6.07) is 3.79. The highest BCUT2D eigenvalue weighted by Gasteiger charge is 2.34. The third-order valence-electron chi connectivity index (χ3n) is 10.1. The van der Waals surface area contributed by atoms with Crippen molar-refractivity contribution >= 4 is 41.4 Å². The van der Waals surface area contributed by atoms with Crippen molar-refractivity contribution in [3.8, 4) is 0 Å². The van der Waals surface area contributed by atoms with Crippen molar-refractivity contribution in [2.75, 3.05) is 6.54 Å². The lowest BCUT2D eigenvalue weighted by molar-refractivity contribution is -0.139. The lowest BCUT2D eigenvalue weighted by atomic mass is 9.76. The average molecular weight is 712 g/mol. The molecule has 0 unspecified atom stereocenters. The minimum Gasteiger partial charge on any atom is -0.481 e. The largest absolute Gasteiger partial charge is 0.481 e. The van der Waals surface area contributed by atoms with Gasteiger partial charge in [-0.2, -0.15) is 0 Å². The Labute approximate surface area is 300 Å². The molecule has 4 atom stereocenters. The maximum Gasteiger partial charge on any atom is 0.303 e. The van der Waals surface area contributed by atoms with E-state index in [2.05, 4.69) is 20.9 Å². The summed E-state index contributed by atoms with van der Waals surface area (Å²) in [7, 11) is 0. The van der Waals surface area contributed by atoms with E-state index in [9.17, 15) is 29.1 Å². The van der Waals surface area contributed by atoms with Crippen LogP contribution in [0.3, 0.4) is 0 Å². The molecule has 1 aromatic carbocycles. The van der Waals surface area contributed by atoms with Crippen LogP contribution in [0.5, 0.6) is 0 Å². The van der Waals surface area contributed by atoms with Crippen molar-refractivity contribution < 1.29 is 29.1 Å². The molecule has 0 aliphatic heterocycles. The summed E-state index contributed by atoms with van der Waals surface area (Å²) in [6.07, 6.45) is 10.4. The van der Waals surface area contributed by atoms with Gasteiger partial charge < -0.3 is 44.0 Å². The highest BCUT2D eigenvalue weighted by molar-refractivity contribution is 5.95. The molecule has 0 saturated heterocycles. The summed E-state index contributed by atoms with van der Waals surface area (Å²) in [5.41, 5.74) is 23.6. The first-order chi connectivity index (χ1) is 24.3. The van der Waals surface area contributed by atoms with Crippen LogP contribution >= 0.6 is 0 Å². The summed E-state index contributed by atoms with van der Waals surface area (Å²) in [5, 5.41) is 25.4. The SMILES string of the molecule is N=C(N)c1ccc(C[C@@H](C(=O)N[C@@H](CCC(=O)O)C(=O)N[C@@H](CCCN=C(N)N)C(=O)N[C@@H](CC2CCCCC2)C(N)=O)C2CCCCC2)cc1. The van der Waals surface area contributed by atoms with E-state index in [0.29, 0.717) is 24.8 Å². The van der Waals surface area contributed by atoms with Gasteiger partial charge in [0.1, 0.15) is 24.0 Å². The number of guanidine groups is 1. The fourth-order valence-corrected chi connectivity index (χ4v) is 7.22. The molecule has 3 rings (SSSR count). The van der Waals surface area contributed by atoms with Crippen LogP contribution < -0.4 is 38.9 Å². The Hall–Kier alpha value is -4.69. The standard InChI is InChI=1S/C36H57N9O6/c37-31(38)25-15-13-23(14-16-25)20-26(24-10-5-2-6-11-24)33(49)43-28(17-18-30(46)47)35(51)44-27(12-7-19-42-36(40)41)34(50)45-29(32(39)48)21-22-8-3-1-4-9-22/h13-16,22,24,26-29H,1-12,17-21H2,(H3,37,38)(H2,39,48)(H,43,49)(H,44,51)(H,45,50)(H,46,47)(H4,40,41,42)/t26-,27+,28+,29+/m1/s1. The second-order valence-corrected chi connectivity index (χ2v) is 14.0. The second-order valence-electron chi connectivity index (χ2n) is 14.0. The molecule has 2 fully saturated rings. The molecule has 51 heavy (non-hydrogen) atoms. The number of carboxylic acids is 1. The normalized spacial score (nSPS) is 17.6. The van der Waals surface area contributed by atoms with Crippen LogP contribution in [0.2, 0.25) is 0 Å². The van der Waals surface area contributed by atoms with Gasteiger partial charge in [-0.25, -0.2) is 0 Å². The van der Waals surface area contributed by atoms with Gasteiger partial charge in [-0.1, -0.05) is 75.6 Å². The number of aliphatic carboxylic acids is 1. The molecular weight excluding hydrogens is 654 g/mol. The zero-order valence-electron chi connectivity index (χ0n) is 29.5. The topological polar surface area (TPSA) is 282 Å². The number of amides is 4. The van der Waals surface area contributed by atoms with Crippen LogP contribution in [0, 0.1) is 23.2 Å². The predicted molar refractivity (Wildman–Crippen MR) is 194 cm³/mol. The lowest BCUT2D eigenvalue weighted by Crippen LogP contribution is -2.57. The van der Waals surface area contributed by atoms with E-state index in [4.69, 9.17) is 28.3 Å². The molecule has 4 amide bonds. The van der Waals surface area contributed by atoms with E-state index in [1.165, 1.54) is 0 Å². The molecule has 13 N–H and O–H groups in total. The molecule has 0 heterocycles. The Morgan fingerprint density at radius 2 is 1.31 bits per heavy atom. The smallest absolute Gasteiger partial charge is 0.303 e. The van der Waals surface area contributed by atoms with E-state index in [0.717, 1.165) is 69.8 Å². The van der Waals surface area contributed by atoms with Gasteiger partial charge in [-0.05, 0) is 62.3 Å². The van der Waals surface area contributed by atoms with Crippen LogP contribution in [0.1, 0.15) is 107 Å². The molecule has 2 aliphatic carbocycles. The van der Waals surface area contributed by atoms with Gasteiger partial charge in [0.15, 0.2) is 5.96 Å². The number of amidine groups is 1. The zero-order chi connectivity index (χ0) is 37.3. The minimum atomic E-state index is -1.25. The number of nitrogens with zero attached hydrogens (tertiary/aromatic N) is 1. The molecule has 1 aromatic rings. The first-order valence-corrected chi connectivity index (χ1v) is 18.2. The van der Waals surface area contributed by atoms with E-state index < -0.39 is 54.2 Å². The van der Waals surface area contributed by atoms with Crippen LogP contribution in [-0.2, 0) is 30.4 Å². The van der Waals surface area contributed by atoms with Gasteiger partial charge in [0, 0.05) is 24.4 Å². The van der Waals surface area contributed by atoms with Crippen molar-refractivity contribution in [3.63, 3.8) is 0 Å². The van der Waals surface area contributed by atoms with Gasteiger partial charge >= 0.3 is 5.97 Å². The highest BCUT2D eigenvalue weighted by Crippen LogP contribution is 2.33. The molecule has 282 valence electrons. The summed E-state index contributed by atoms with van der Waals surface area (Å²) < 4.78 is 0. The summed E-state index contributed by atoms with van der Waals surface area (Å²) >= 11 is 0. The number of hydrogen-bond acceptors (Lipinski definition) is 7. The lowest BCUT2D eigenvalue weighted by Gasteiger charge is -2.31.